The highest BCUT2D eigenvalue weighted by Crippen LogP contribution is 2.21. The molecule has 0 radical (unpaired) electrons. The van der Waals surface area contributed by atoms with Crippen LogP contribution in [0.15, 0.2) is 41.0 Å². The number of carbonyl (C=O) groups is 2. The van der Waals surface area contributed by atoms with E-state index in [2.05, 4.69) is 16.0 Å². The Bertz CT molecular complexity index is 747. The van der Waals surface area contributed by atoms with E-state index in [1.807, 2.05) is 13.8 Å². The van der Waals surface area contributed by atoms with Gasteiger partial charge in [-0.1, -0.05) is 25.4 Å². The molecule has 0 fully saturated rings. The van der Waals surface area contributed by atoms with Crippen LogP contribution in [0.2, 0.25) is 5.02 Å². The SMILES string of the molecule is CC(C)CNC(=O)c1ccc(NC(=O)NCC(O)c2ccco2)cc1Cl. The Morgan fingerprint density at radius 2 is 1.96 bits per heavy atom. The van der Waals surface area contributed by atoms with Crippen LogP contribution in [0.25, 0.3) is 0 Å². The van der Waals surface area contributed by atoms with E-state index in [4.69, 9.17) is 16.0 Å². The van der Waals surface area contributed by atoms with Gasteiger partial charge in [-0.25, -0.2) is 4.79 Å². The number of aliphatic hydroxyl groups is 1. The van der Waals surface area contributed by atoms with Gasteiger partial charge in [0.2, 0.25) is 0 Å². The summed E-state index contributed by atoms with van der Waals surface area (Å²) in [5.74, 6) is 0.435. The minimum absolute atomic E-state index is 0.0111. The molecule has 140 valence electrons. The standard InChI is InChI=1S/C18H22ClN3O4/c1-11(2)9-20-17(24)13-6-5-12(8-14(13)19)22-18(25)21-10-15(23)16-4-3-7-26-16/h3-8,11,15,23H,9-10H2,1-2H3,(H,20,24)(H2,21,22,25). The number of amides is 3. The van der Waals surface area contributed by atoms with Gasteiger partial charge in [-0.2, -0.15) is 0 Å². The summed E-state index contributed by atoms with van der Waals surface area (Å²) in [7, 11) is 0. The minimum Gasteiger partial charge on any atom is -0.467 e. The first-order valence-electron chi connectivity index (χ1n) is 8.21. The van der Waals surface area contributed by atoms with Crippen molar-refractivity contribution in [2.75, 3.05) is 18.4 Å². The van der Waals surface area contributed by atoms with Crippen molar-refractivity contribution in [1.82, 2.24) is 10.6 Å². The van der Waals surface area contributed by atoms with Gasteiger partial charge in [-0.15, -0.1) is 0 Å². The molecule has 1 atom stereocenters. The first-order chi connectivity index (χ1) is 12.4. The van der Waals surface area contributed by atoms with Crippen LogP contribution in [0, 0.1) is 5.92 Å². The van der Waals surface area contributed by atoms with E-state index < -0.39 is 12.1 Å². The summed E-state index contributed by atoms with van der Waals surface area (Å²) in [6.45, 7) is 4.53. The molecule has 4 N–H and O–H groups in total. The fourth-order valence-electron chi connectivity index (χ4n) is 2.12. The Morgan fingerprint density at radius 3 is 2.58 bits per heavy atom. The second kappa shape index (κ2) is 9.26. The van der Waals surface area contributed by atoms with Gasteiger partial charge in [0, 0.05) is 12.2 Å². The smallest absolute Gasteiger partial charge is 0.319 e. The number of hydrogen-bond donors (Lipinski definition) is 4. The van der Waals surface area contributed by atoms with Crippen LogP contribution in [0.4, 0.5) is 10.5 Å². The molecule has 0 saturated carbocycles. The lowest BCUT2D eigenvalue weighted by atomic mass is 10.1. The van der Waals surface area contributed by atoms with Crippen LogP contribution in [-0.2, 0) is 0 Å². The maximum Gasteiger partial charge on any atom is 0.319 e. The number of aliphatic hydroxyl groups excluding tert-OH is 1. The third-order valence-electron chi connectivity index (χ3n) is 3.47. The van der Waals surface area contributed by atoms with Crippen molar-refractivity contribution in [2.45, 2.75) is 20.0 Å². The number of hydrogen-bond acceptors (Lipinski definition) is 4. The Hall–Kier alpha value is -2.51. The largest absolute Gasteiger partial charge is 0.467 e. The van der Waals surface area contributed by atoms with Crippen molar-refractivity contribution in [3.63, 3.8) is 0 Å². The molecule has 8 heteroatoms. The van der Waals surface area contributed by atoms with Gasteiger partial charge >= 0.3 is 6.03 Å². The fourth-order valence-corrected chi connectivity index (χ4v) is 2.38. The summed E-state index contributed by atoms with van der Waals surface area (Å²) < 4.78 is 5.05. The minimum atomic E-state index is -0.939. The molecule has 0 aliphatic heterocycles. The third kappa shape index (κ3) is 5.79. The zero-order chi connectivity index (χ0) is 19.1. The lowest BCUT2D eigenvalue weighted by molar-refractivity contribution is 0.0949. The molecule has 1 unspecified atom stereocenters. The van der Waals surface area contributed by atoms with E-state index >= 15 is 0 Å². The Morgan fingerprint density at radius 1 is 1.19 bits per heavy atom. The van der Waals surface area contributed by atoms with Crippen molar-refractivity contribution in [3.05, 3.63) is 52.9 Å². The van der Waals surface area contributed by atoms with E-state index in [-0.39, 0.29) is 17.5 Å². The Balaban J connectivity index is 1.88. The quantitative estimate of drug-likeness (QED) is 0.593. The summed E-state index contributed by atoms with van der Waals surface area (Å²) in [5.41, 5.74) is 0.770. The van der Waals surface area contributed by atoms with Crippen LogP contribution in [-0.4, -0.2) is 30.1 Å². The highest BCUT2D eigenvalue weighted by atomic mass is 35.5. The summed E-state index contributed by atoms with van der Waals surface area (Å²) in [6, 6.07) is 7.38. The van der Waals surface area contributed by atoms with Crippen molar-refractivity contribution >= 4 is 29.2 Å². The first kappa shape index (κ1) is 19.8. The number of furan rings is 1. The predicted molar refractivity (Wildman–Crippen MR) is 99.3 cm³/mol. The van der Waals surface area contributed by atoms with Gasteiger partial charge in [0.05, 0.1) is 23.4 Å². The summed E-state index contributed by atoms with van der Waals surface area (Å²) in [4.78, 5) is 24.0. The normalized spacial score (nSPS) is 11.9. The molecular weight excluding hydrogens is 358 g/mol. The number of urea groups is 1. The second-order valence-corrected chi connectivity index (χ2v) is 6.57. The average molecular weight is 380 g/mol. The molecular formula is C18H22ClN3O4. The van der Waals surface area contributed by atoms with Gasteiger partial charge in [0.15, 0.2) is 0 Å². The molecule has 1 aromatic carbocycles. The van der Waals surface area contributed by atoms with Crippen LogP contribution in [0.5, 0.6) is 0 Å². The predicted octanol–water partition coefficient (Wildman–Crippen LogP) is 3.17. The second-order valence-electron chi connectivity index (χ2n) is 6.16. The molecule has 3 amide bonds. The zero-order valence-electron chi connectivity index (χ0n) is 14.6. The van der Waals surface area contributed by atoms with Crippen molar-refractivity contribution in [2.24, 2.45) is 5.92 Å². The molecule has 0 spiro atoms. The lowest BCUT2D eigenvalue weighted by Crippen LogP contribution is -2.32. The van der Waals surface area contributed by atoms with Gasteiger partial charge in [0.1, 0.15) is 11.9 Å². The van der Waals surface area contributed by atoms with E-state index in [0.29, 0.717) is 29.5 Å². The maximum atomic E-state index is 12.1. The number of halogens is 1. The highest BCUT2D eigenvalue weighted by molar-refractivity contribution is 6.34. The molecule has 2 aromatic rings. The van der Waals surface area contributed by atoms with E-state index in [1.54, 1.807) is 24.3 Å². The maximum absolute atomic E-state index is 12.1. The van der Waals surface area contributed by atoms with Crippen LogP contribution in [0.3, 0.4) is 0 Å². The topological polar surface area (TPSA) is 104 Å². The number of nitrogens with one attached hydrogen (secondary N) is 3. The molecule has 26 heavy (non-hydrogen) atoms. The Labute approximate surface area is 156 Å². The number of benzene rings is 1. The van der Waals surface area contributed by atoms with Crippen LogP contribution < -0.4 is 16.0 Å². The number of anilines is 1. The average Bonchev–Trinajstić information content (AvgIpc) is 3.12. The van der Waals surface area contributed by atoms with Gasteiger partial charge in [0.25, 0.3) is 5.91 Å². The molecule has 1 heterocycles. The molecule has 0 aliphatic carbocycles. The molecule has 0 aliphatic rings. The summed E-state index contributed by atoms with van der Waals surface area (Å²) in [5, 5.41) is 18.0. The van der Waals surface area contributed by atoms with Crippen molar-refractivity contribution < 1.29 is 19.1 Å². The molecule has 2 rings (SSSR count). The van der Waals surface area contributed by atoms with E-state index in [1.165, 1.54) is 12.3 Å². The van der Waals surface area contributed by atoms with Gasteiger partial charge in [-0.05, 0) is 36.2 Å². The van der Waals surface area contributed by atoms with Crippen molar-refractivity contribution in [1.29, 1.82) is 0 Å². The van der Waals surface area contributed by atoms with Crippen molar-refractivity contribution in [3.8, 4) is 0 Å². The number of carbonyl (C=O) groups excluding carboxylic acids is 2. The molecule has 7 nitrogen and oxygen atoms in total. The molecule has 0 bridgehead atoms. The van der Waals surface area contributed by atoms with Crippen LogP contribution in [0.1, 0.15) is 36.1 Å². The fraction of sp³-hybridized carbons (Fsp3) is 0.333. The van der Waals surface area contributed by atoms with E-state index in [0.717, 1.165) is 0 Å². The third-order valence-corrected chi connectivity index (χ3v) is 3.78. The van der Waals surface area contributed by atoms with E-state index in [9.17, 15) is 14.7 Å². The highest BCUT2D eigenvalue weighted by Gasteiger charge is 2.14. The molecule has 0 saturated heterocycles. The number of rotatable bonds is 7. The van der Waals surface area contributed by atoms with Gasteiger partial charge < -0.3 is 25.5 Å². The van der Waals surface area contributed by atoms with Gasteiger partial charge in [-0.3, -0.25) is 4.79 Å². The zero-order valence-corrected chi connectivity index (χ0v) is 15.3. The van der Waals surface area contributed by atoms with Crippen LogP contribution >= 0.6 is 11.6 Å². The summed E-state index contributed by atoms with van der Waals surface area (Å²) >= 11 is 6.13. The summed E-state index contributed by atoms with van der Waals surface area (Å²) in [6.07, 6.45) is 0.505. The molecule has 1 aromatic heterocycles. The Kier molecular flexibility index (Phi) is 7.06. The monoisotopic (exact) mass is 379 g/mol. The first-order valence-corrected chi connectivity index (χ1v) is 8.58. The lowest BCUT2D eigenvalue weighted by Gasteiger charge is -2.12.